The summed E-state index contributed by atoms with van der Waals surface area (Å²) >= 11 is 0. The van der Waals surface area contributed by atoms with Crippen LogP contribution in [0.15, 0.2) is 24.3 Å². The smallest absolute Gasteiger partial charge is 0.322 e. The van der Waals surface area contributed by atoms with Crippen LogP contribution in [-0.2, 0) is 27.0 Å². The standard InChI is InChI=1S/C15H23NO4S/c1-4-11(3)14(15(17)18)16-21(19,20)10-13-8-6-12(5-2)7-9-13/h6-9,11,14,16H,4-5,10H2,1-3H3,(H,17,18)/t11-,14-/m0/s1. The third kappa shape index (κ3) is 5.47. The Balaban J connectivity index is 2.82. The van der Waals surface area contributed by atoms with Crippen LogP contribution in [0.2, 0.25) is 0 Å². The third-order valence-corrected chi connectivity index (χ3v) is 4.90. The van der Waals surface area contributed by atoms with Crippen LogP contribution < -0.4 is 4.72 Å². The van der Waals surface area contributed by atoms with Crippen LogP contribution in [0.5, 0.6) is 0 Å². The first-order chi connectivity index (χ1) is 9.79. The van der Waals surface area contributed by atoms with E-state index in [0.29, 0.717) is 12.0 Å². The van der Waals surface area contributed by atoms with Crippen LogP contribution in [0, 0.1) is 5.92 Å². The fourth-order valence-corrected chi connectivity index (χ4v) is 3.41. The van der Waals surface area contributed by atoms with Crippen molar-refractivity contribution in [2.24, 2.45) is 5.92 Å². The van der Waals surface area contributed by atoms with Gasteiger partial charge >= 0.3 is 5.97 Å². The number of carbonyl (C=O) groups is 1. The number of benzene rings is 1. The molecule has 2 N–H and O–H groups in total. The van der Waals surface area contributed by atoms with E-state index in [9.17, 15) is 13.2 Å². The van der Waals surface area contributed by atoms with Gasteiger partial charge < -0.3 is 5.11 Å². The Labute approximate surface area is 126 Å². The Kier molecular flexibility index (Phi) is 6.36. The van der Waals surface area contributed by atoms with Gasteiger partial charge in [-0.3, -0.25) is 4.79 Å². The number of carboxylic acids is 1. The van der Waals surface area contributed by atoms with E-state index in [4.69, 9.17) is 5.11 Å². The lowest BCUT2D eigenvalue weighted by Crippen LogP contribution is -2.45. The summed E-state index contributed by atoms with van der Waals surface area (Å²) in [7, 11) is -3.68. The van der Waals surface area contributed by atoms with Crippen molar-refractivity contribution in [3.05, 3.63) is 35.4 Å². The van der Waals surface area contributed by atoms with Gasteiger partial charge in [-0.15, -0.1) is 0 Å². The Morgan fingerprint density at radius 2 is 1.71 bits per heavy atom. The number of rotatable bonds is 8. The Morgan fingerprint density at radius 1 is 1.19 bits per heavy atom. The second-order valence-corrected chi connectivity index (χ2v) is 7.00. The van der Waals surface area contributed by atoms with E-state index in [2.05, 4.69) is 4.72 Å². The first-order valence-corrected chi connectivity index (χ1v) is 8.75. The monoisotopic (exact) mass is 313 g/mol. The van der Waals surface area contributed by atoms with Gasteiger partial charge in [0, 0.05) is 0 Å². The molecule has 1 rings (SSSR count). The van der Waals surface area contributed by atoms with E-state index in [1.165, 1.54) is 0 Å². The third-order valence-electron chi connectivity index (χ3n) is 3.57. The predicted molar refractivity (Wildman–Crippen MR) is 82.5 cm³/mol. The molecule has 0 saturated carbocycles. The molecule has 2 atom stereocenters. The molecule has 21 heavy (non-hydrogen) atoms. The molecular formula is C15H23NO4S. The van der Waals surface area contributed by atoms with Gasteiger partial charge in [0.25, 0.3) is 0 Å². The van der Waals surface area contributed by atoms with E-state index in [1.807, 2.05) is 26.0 Å². The highest BCUT2D eigenvalue weighted by Gasteiger charge is 2.28. The molecule has 0 bridgehead atoms. The minimum absolute atomic E-state index is 0.211. The molecule has 5 nitrogen and oxygen atoms in total. The SMILES string of the molecule is CCc1ccc(CS(=O)(=O)N[C@H](C(=O)O)[C@@H](C)CC)cc1. The van der Waals surface area contributed by atoms with Gasteiger partial charge in [0.1, 0.15) is 6.04 Å². The lowest BCUT2D eigenvalue weighted by atomic mass is 10.0. The summed E-state index contributed by atoms with van der Waals surface area (Å²) in [4.78, 5) is 11.2. The Hall–Kier alpha value is -1.40. The molecule has 0 unspecified atom stereocenters. The van der Waals surface area contributed by atoms with Crippen LogP contribution >= 0.6 is 0 Å². The number of aliphatic carboxylic acids is 1. The molecule has 0 aliphatic carbocycles. The van der Waals surface area contributed by atoms with Gasteiger partial charge in [-0.05, 0) is 23.5 Å². The van der Waals surface area contributed by atoms with Crippen molar-refractivity contribution in [3.63, 3.8) is 0 Å². The number of hydrogen-bond donors (Lipinski definition) is 2. The molecule has 1 aromatic carbocycles. The fourth-order valence-electron chi connectivity index (χ4n) is 1.97. The van der Waals surface area contributed by atoms with Crippen molar-refractivity contribution in [1.82, 2.24) is 4.72 Å². The van der Waals surface area contributed by atoms with Crippen molar-refractivity contribution in [3.8, 4) is 0 Å². The van der Waals surface area contributed by atoms with Crippen LogP contribution in [0.1, 0.15) is 38.3 Å². The van der Waals surface area contributed by atoms with Gasteiger partial charge in [-0.2, -0.15) is 0 Å². The van der Waals surface area contributed by atoms with Gasteiger partial charge in [0.2, 0.25) is 10.0 Å². The molecule has 0 radical (unpaired) electrons. The Bertz CT molecular complexity index is 566. The van der Waals surface area contributed by atoms with Crippen LogP contribution in [0.25, 0.3) is 0 Å². The molecule has 0 spiro atoms. The highest BCUT2D eigenvalue weighted by Crippen LogP contribution is 2.12. The van der Waals surface area contributed by atoms with E-state index >= 15 is 0 Å². The first-order valence-electron chi connectivity index (χ1n) is 7.09. The zero-order chi connectivity index (χ0) is 16.0. The quantitative estimate of drug-likeness (QED) is 0.770. The predicted octanol–water partition coefficient (Wildman–Crippen LogP) is 2.17. The number of carboxylic acid groups (broad SMARTS) is 1. The molecule has 118 valence electrons. The highest BCUT2D eigenvalue weighted by molar-refractivity contribution is 7.88. The lowest BCUT2D eigenvalue weighted by Gasteiger charge is -2.20. The van der Waals surface area contributed by atoms with Gasteiger partial charge in [-0.1, -0.05) is 51.5 Å². The molecular weight excluding hydrogens is 290 g/mol. The van der Waals surface area contributed by atoms with Crippen LogP contribution in [0.4, 0.5) is 0 Å². The largest absolute Gasteiger partial charge is 0.480 e. The molecule has 1 aromatic rings. The number of hydrogen-bond acceptors (Lipinski definition) is 3. The second-order valence-electron chi connectivity index (χ2n) is 5.25. The molecule has 0 amide bonds. The summed E-state index contributed by atoms with van der Waals surface area (Å²) < 4.78 is 26.5. The van der Waals surface area contributed by atoms with E-state index in [1.54, 1.807) is 19.1 Å². The molecule has 0 aliphatic heterocycles. The number of aryl methyl sites for hydroxylation is 1. The molecule has 0 saturated heterocycles. The number of sulfonamides is 1. The van der Waals surface area contributed by atoms with Crippen molar-refractivity contribution >= 4 is 16.0 Å². The second kappa shape index (κ2) is 7.56. The van der Waals surface area contributed by atoms with Crippen molar-refractivity contribution in [2.45, 2.75) is 45.4 Å². The van der Waals surface area contributed by atoms with Crippen molar-refractivity contribution < 1.29 is 18.3 Å². The van der Waals surface area contributed by atoms with Crippen molar-refractivity contribution in [1.29, 1.82) is 0 Å². The Morgan fingerprint density at radius 3 is 2.14 bits per heavy atom. The molecule has 0 heterocycles. The first kappa shape index (κ1) is 17.7. The molecule has 0 aliphatic rings. The van der Waals surface area contributed by atoms with Gasteiger partial charge in [0.15, 0.2) is 0 Å². The maximum absolute atomic E-state index is 12.1. The zero-order valence-electron chi connectivity index (χ0n) is 12.7. The van der Waals surface area contributed by atoms with Crippen LogP contribution in [0.3, 0.4) is 0 Å². The maximum Gasteiger partial charge on any atom is 0.322 e. The molecule has 0 fully saturated rings. The molecule has 0 aromatic heterocycles. The molecule has 6 heteroatoms. The van der Waals surface area contributed by atoms with Gasteiger partial charge in [-0.25, -0.2) is 13.1 Å². The summed E-state index contributed by atoms with van der Waals surface area (Å²) in [5, 5.41) is 9.15. The van der Waals surface area contributed by atoms with Crippen LogP contribution in [-0.4, -0.2) is 25.5 Å². The summed E-state index contributed by atoms with van der Waals surface area (Å²) in [5.41, 5.74) is 1.78. The summed E-state index contributed by atoms with van der Waals surface area (Å²) in [6.07, 6.45) is 1.48. The topological polar surface area (TPSA) is 83.5 Å². The average molecular weight is 313 g/mol. The fraction of sp³-hybridized carbons (Fsp3) is 0.533. The minimum atomic E-state index is -3.68. The van der Waals surface area contributed by atoms with E-state index < -0.39 is 22.0 Å². The highest BCUT2D eigenvalue weighted by atomic mass is 32.2. The van der Waals surface area contributed by atoms with E-state index in [-0.39, 0.29) is 11.7 Å². The van der Waals surface area contributed by atoms with E-state index in [0.717, 1.165) is 12.0 Å². The lowest BCUT2D eigenvalue weighted by molar-refractivity contribution is -0.140. The summed E-state index contributed by atoms with van der Waals surface area (Å²) in [6, 6.07) is 6.20. The zero-order valence-corrected chi connectivity index (χ0v) is 13.5. The summed E-state index contributed by atoms with van der Waals surface area (Å²) in [5.74, 6) is -1.62. The van der Waals surface area contributed by atoms with Gasteiger partial charge in [0.05, 0.1) is 5.75 Å². The maximum atomic E-state index is 12.1. The average Bonchev–Trinajstić information content (AvgIpc) is 2.44. The minimum Gasteiger partial charge on any atom is -0.480 e. The normalized spacial score (nSPS) is 14.6. The van der Waals surface area contributed by atoms with Crippen molar-refractivity contribution in [2.75, 3.05) is 0 Å². The number of nitrogens with one attached hydrogen (secondary N) is 1. The summed E-state index contributed by atoms with van der Waals surface area (Å²) in [6.45, 7) is 5.58.